The van der Waals surface area contributed by atoms with Crippen LogP contribution in [0.25, 0.3) is 11.3 Å². The maximum atomic E-state index is 12.4. The van der Waals surface area contributed by atoms with E-state index in [-0.39, 0.29) is 5.91 Å². The summed E-state index contributed by atoms with van der Waals surface area (Å²) in [5, 5.41) is 6.26. The number of hydrogen-bond acceptors (Lipinski definition) is 8. The van der Waals surface area contributed by atoms with Crippen molar-refractivity contribution in [3.8, 4) is 28.6 Å². The number of nitrogens with zero attached hydrogens (tertiary/aromatic N) is 1. The Morgan fingerprint density at radius 1 is 0.816 bits per heavy atom. The molecule has 3 N–H and O–H groups in total. The van der Waals surface area contributed by atoms with Gasteiger partial charge in [-0.25, -0.2) is 4.98 Å². The number of amides is 1. The van der Waals surface area contributed by atoms with Crippen LogP contribution in [0.2, 0.25) is 0 Å². The number of benzene rings is 3. The first kappa shape index (κ1) is 26.7. The van der Waals surface area contributed by atoms with Crippen LogP contribution < -0.4 is 29.6 Å². The third-order valence-electron chi connectivity index (χ3n) is 5.61. The summed E-state index contributed by atoms with van der Waals surface area (Å²) in [4.78, 5) is 17.8. The summed E-state index contributed by atoms with van der Waals surface area (Å²) in [6.45, 7) is 1.06. The van der Waals surface area contributed by atoms with Gasteiger partial charge in [-0.1, -0.05) is 18.2 Å². The van der Waals surface area contributed by atoms with Gasteiger partial charge in [0.2, 0.25) is 5.88 Å². The first-order valence-electron chi connectivity index (χ1n) is 12.0. The van der Waals surface area contributed by atoms with Gasteiger partial charge in [-0.05, 0) is 72.6 Å². The number of carbonyl (C=O) groups excluding carboxylic acids is 1. The van der Waals surface area contributed by atoms with E-state index in [4.69, 9.17) is 14.2 Å². The highest BCUT2D eigenvalue weighted by Gasteiger charge is 2.10. The zero-order chi connectivity index (χ0) is 26.7. The first-order valence-corrected chi connectivity index (χ1v) is 12.8. The van der Waals surface area contributed by atoms with E-state index in [1.54, 1.807) is 39.5 Å². The van der Waals surface area contributed by atoms with Gasteiger partial charge in [0.05, 0.1) is 31.9 Å². The molecule has 0 saturated heterocycles. The molecule has 0 unspecified atom stereocenters. The summed E-state index contributed by atoms with van der Waals surface area (Å²) in [7, 11) is 4.84. The van der Waals surface area contributed by atoms with Crippen molar-refractivity contribution < 1.29 is 19.0 Å². The Kier molecular flexibility index (Phi) is 9.31. The van der Waals surface area contributed by atoms with Crippen LogP contribution in [-0.2, 0) is 0 Å². The van der Waals surface area contributed by atoms with E-state index in [0.29, 0.717) is 30.3 Å². The minimum atomic E-state index is -0.141. The number of ether oxygens (including phenoxy) is 3. The van der Waals surface area contributed by atoms with Gasteiger partial charge in [0.25, 0.3) is 5.91 Å². The number of rotatable bonds is 12. The second-order valence-corrected chi connectivity index (χ2v) is 8.98. The van der Waals surface area contributed by atoms with E-state index in [1.165, 1.54) is 11.9 Å². The molecule has 1 amide bonds. The van der Waals surface area contributed by atoms with E-state index in [9.17, 15) is 4.79 Å². The molecule has 4 aromatic rings. The van der Waals surface area contributed by atoms with Crippen molar-refractivity contribution in [2.24, 2.45) is 0 Å². The quantitative estimate of drug-likeness (QED) is 0.158. The number of hydrogen-bond donors (Lipinski definition) is 3. The Morgan fingerprint density at radius 3 is 2.45 bits per heavy atom. The van der Waals surface area contributed by atoms with Crippen LogP contribution in [0.15, 0.2) is 89.8 Å². The molecule has 3 aromatic carbocycles. The van der Waals surface area contributed by atoms with Gasteiger partial charge < -0.3 is 29.6 Å². The molecular formula is C29H30N4O4S. The van der Waals surface area contributed by atoms with Crippen molar-refractivity contribution in [1.29, 1.82) is 0 Å². The molecule has 0 spiro atoms. The van der Waals surface area contributed by atoms with E-state index in [1.807, 2.05) is 66.7 Å². The molecule has 0 saturated carbocycles. The number of anilines is 2. The molecule has 0 radical (unpaired) electrons. The molecule has 0 aliphatic rings. The lowest BCUT2D eigenvalue weighted by molar-refractivity contribution is 0.0955. The first-order chi connectivity index (χ1) is 18.6. The molecule has 8 nitrogen and oxygen atoms in total. The fraction of sp³-hybridized carbons (Fsp3) is 0.172. The Balaban J connectivity index is 1.33. The van der Waals surface area contributed by atoms with Gasteiger partial charge in [0.15, 0.2) is 0 Å². The zero-order valence-electron chi connectivity index (χ0n) is 21.5. The minimum Gasteiger partial charge on any atom is -0.497 e. The lowest BCUT2D eigenvalue weighted by atomic mass is 10.1. The topological polar surface area (TPSA) is 93.7 Å². The number of nitrogens with one attached hydrogen (secondary N) is 3. The average molecular weight is 531 g/mol. The zero-order valence-corrected chi connectivity index (χ0v) is 22.3. The minimum absolute atomic E-state index is 0.141. The second-order valence-electron chi connectivity index (χ2n) is 8.13. The van der Waals surface area contributed by atoms with Crippen molar-refractivity contribution in [3.05, 3.63) is 90.5 Å². The second kappa shape index (κ2) is 13.3. The van der Waals surface area contributed by atoms with Crippen LogP contribution in [0.5, 0.6) is 17.4 Å². The molecule has 1 heterocycles. The number of aromatic nitrogens is 1. The van der Waals surface area contributed by atoms with Crippen molar-refractivity contribution in [2.75, 3.05) is 44.5 Å². The molecule has 9 heteroatoms. The Bertz CT molecular complexity index is 1380. The predicted molar refractivity (Wildman–Crippen MR) is 153 cm³/mol. The van der Waals surface area contributed by atoms with Crippen LogP contribution >= 0.6 is 11.9 Å². The van der Waals surface area contributed by atoms with Gasteiger partial charge in [-0.3, -0.25) is 4.79 Å². The van der Waals surface area contributed by atoms with Crippen molar-refractivity contribution in [2.45, 2.75) is 4.90 Å². The summed E-state index contributed by atoms with van der Waals surface area (Å²) in [6.07, 6.45) is 0. The molecule has 0 atom stereocenters. The maximum Gasteiger partial charge on any atom is 0.251 e. The number of methoxy groups -OCH3 is 3. The van der Waals surface area contributed by atoms with Gasteiger partial charge in [0.1, 0.15) is 11.5 Å². The summed E-state index contributed by atoms with van der Waals surface area (Å²) in [5.74, 6) is 1.84. The van der Waals surface area contributed by atoms with Gasteiger partial charge in [-0.15, -0.1) is 0 Å². The molecule has 0 aliphatic heterocycles. The largest absolute Gasteiger partial charge is 0.497 e. The number of carbonyl (C=O) groups is 1. The highest BCUT2D eigenvalue weighted by Crippen LogP contribution is 2.34. The summed E-state index contributed by atoms with van der Waals surface area (Å²) in [6, 6.07) is 26.6. The summed E-state index contributed by atoms with van der Waals surface area (Å²) < 4.78 is 19.4. The van der Waals surface area contributed by atoms with Crippen LogP contribution in [-0.4, -0.2) is 45.3 Å². The van der Waals surface area contributed by atoms with Gasteiger partial charge in [-0.2, -0.15) is 0 Å². The Hall–Kier alpha value is -4.37. The molecule has 0 fully saturated rings. The van der Waals surface area contributed by atoms with Gasteiger partial charge >= 0.3 is 0 Å². The van der Waals surface area contributed by atoms with E-state index >= 15 is 0 Å². The van der Waals surface area contributed by atoms with Crippen LogP contribution in [0.1, 0.15) is 10.4 Å². The average Bonchev–Trinajstić information content (AvgIpc) is 2.98. The maximum absolute atomic E-state index is 12.4. The van der Waals surface area contributed by atoms with Crippen LogP contribution in [0.4, 0.5) is 11.4 Å². The molecule has 0 aliphatic carbocycles. The van der Waals surface area contributed by atoms with Gasteiger partial charge in [0, 0.05) is 41.7 Å². The van der Waals surface area contributed by atoms with E-state index < -0.39 is 0 Å². The highest BCUT2D eigenvalue weighted by atomic mass is 32.2. The molecule has 196 valence electrons. The third-order valence-corrected chi connectivity index (χ3v) is 6.48. The normalized spacial score (nSPS) is 10.4. The van der Waals surface area contributed by atoms with Crippen LogP contribution in [0, 0.1) is 0 Å². The fourth-order valence-electron chi connectivity index (χ4n) is 3.66. The van der Waals surface area contributed by atoms with Crippen LogP contribution in [0.3, 0.4) is 0 Å². The highest BCUT2D eigenvalue weighted by molar-refractivity contribution is 8.00. The molecular weight excluding hydrogens is 500 g/mol. The molecule has 1 aromatic heterocycles. The van der Waals surface area contributed by atoms with Crippen molar-refractivity contribution >= 4 is 29.2 Å². The third kappa shape index (κ3) is 7.10. The molecule has 38 heavy (non-hydrogen) atoms. The molecule has 0 bridgehead atoms. The Morgan fingerprint density at radius 2 is 1.63 bits per heavy atom. The van der Waals surface area contributed by atoms with E-state index in [2.05, 4.69) is 20.3 Å². The Labute approximate surface area is 226 Å². The summed E-state index contributed by atoms with van der Waals surface area (Å²) in [5.41, 5.74) is 4.20. The SMILES string of the molecule is COc1cccc(C(=O)NCCNc2cccc(NSc3cc(-c4cccc(OC)n4)ccc3OC)c2)c1. The predicted octanol–water partition coefficient (Wildman–Crippen LogP) is 5.74. The fourth-order valence-corrected chi connectivity index (χ4v) is 4.45. The lowest BCUT2D eigenvalue weighted by Gasteiger charge is -2.13. The summed E-state index contributed by atoms with van der Waals surface area (Å²) >= 11 is 1.46. The number of pyridine rings is 1. The lowest BCUT2D eigenvalue weighted by Crippen LogP contribution is -2.28. The van der Waals surface area contributed by atoms with E-state index in [0.717, 1.165) is 33.3 Å². The van der Waals surface area contributed by atoms with Crippen molar-refractivity contribution in [3.63, 3.8) is 0 Å². The smallest absolute Gasteiger partial charge is 0.251 e. The van der Waals surface area contributed by atoms with Crippen molar-refractivity contribution in [1.82, 2.24) is 10.3 Å². The standard InChI is InChI=1S/C29H30N4O4S/c1-35-24-10-4-7-21(17-24)29(34)31-16-15-30-22-8-5-9-23(19-22)33-38-27-18-20(13-14-26(27)36-2)25-11-6-12-28(32-25)37-3/h4-14,17-19,30,33H,15-16H2,1-3H3,(H,31,34). The monoisotopic (exact) mass is 530 g/mol. The molecule has 4 rings (SSSR count).